The molecule has 0 unspecified atom stereocenters. The van der Waals surface area contributed by atoms with E-state index in [1.54, 1.807) is 35.4 Å². The van der Waals surface area contributed by atoms with Crippen molar-refractivity contribution >= 4 is 17.5 Å². The molecule has 150 valence electrons. The molecule has 2 aromatic carbocycles. The van der Waals surface area contributed by atoms with Crippen molar-refractivity contribution in [1.82, 2.24) is 20.1 Å². The Hall–Kier alpha value is -3.44. The van der Waals surface area contributed by atoms with Crippen LogP contribution in [0.4, 0.5) is 0 Å². The summed E-state index contributed by atoms with van der Waals surface area (Å²) < 4.78 is 1.80. The van der Waals surface area contributed by atoms with Gasteiger partial charge in [-0.1, -0.05) is 54.1 Å². The van der Waals surface area contributed by atoms with Crippen molar-refractivity contribution in [1.29, 1.82) is 0 Å². The molecule has 2 aromatic heterocycles. The van der Waals surface area contributed by atoms with Gasteiger partial charge >= 0.3 is 0 Å². The van der Waals surface area contributed by atoms with E-state index in [2.05, 4.69) is 10.3 Å². The number of nitrogens with zero attached hydrogens (tertiary/aromatic N) is 3. The number of pyridine rings is 1. The third-order valence-corrected chi connectivity index (χ3v) is 5.12. The zero-order chi connectivity index (χ0) is 20.9. The van der Waals surface area contributed by atoms with Gasteiger partial charge in [0.05, 0.1) is 18.2 Å². The van der Waals surface area contributed by atoms with Crippen LogP contribution in [0.3, 0.4) is 0 Å². The average Bonchev–Trinajstić information content (AvgIpc) is 3.19. The molecule has 0 bridgehead atoms. The van der Waals surface area contributed by atoms with Crippen LogP contribution >= 0.6 is 11.6 Å². The zero-order valence-corrected chi connectivity index (χ0v) is 17.3. The van der Waals surface area contributed by atoms with E-state index in [-0.39, 0.29) is 11.9 Å². The molecule has 0 saturated heterocycles. The fourth-order valence-electron chi connectivity index (χ4n) is 3.27. The van der Waals surface area contributed by atoms with E-state index >= 15 is 0 Å². The van der Waals surface area contributed by atoms with Gasteiger partial charge in [-0.05, 0) is 42.3 Å². The van der Waals surface area contributed by atoms with Gasteiger partial charge in [-0.3, -0.25) is 14.5 Å². The Kier molecular flexibility index (Phi) is 5.91. The van der Waals surface area contributed by atoms with Crippen LogP contribution in [0.5, 0.6) is 0 Å². The summed E-state index contributed by atoms with van der Waals surface area (Å²) in [5.74, 6) is -0.177. The van der Waals surface area contributed by atoms with E-state index in [0.717, 1.165) is 16.7 Å². The summed E-state index contributed by atoms with van der Waals surface area (Å²) in [7, 11) is 0. The van der Waals surface area contributed by atoms with Gasteiger partial charge in [-0.25, -0.2) is 0 Å². The number of carbonyl (C=O) groups is 1. The highest BCUT2D eigenvalue weighted by molar-refractivity contribution is 6.30. The zero-order valence-electron chi connectivity index (χ0n) is 16.5. The quantitative estimate of drug-likeness (QED) is 0.473. The Balaban J connectivity index is 1.65. The van der Waals surface area contributed by atoms with E-state index < -0.39 is 0 Å². The lowest BCUT2D eigenvalue weighted by molar-refractivity contribution is 0.0940. The van der Waals surface area contributed by atoms with Crippen molar-refractivity contribution in [3.05, 3.63) is 107 Å². The van der Waals surface area contributed by atoms with Gasteiger partial charge in [0, 0.05) is 29.2 Å². The first-order chi connectivity index (χ1) is 14.6. The SMILES string of the molecule is C[C@H](NC(=O)c1cn(Cc2ccccc2)nc1-c1ccc(Cl)cc1)c1ccncc1. The molecule has 1 N–H and O–H groups in total. The van der Waals surface area contributed by atoms with Gasteiger partial charge in [-0.2, -0.15) is 5.10 Å². The van der Waals surface area contributed by atoms with E-state index in [1.165, 1.54) is 0 Å². The Morgan fingerprint density at radius 3 is 2.43 bits per heavy atom. The maximum Gasteiger partial charge on any atom is 0.255 e. The standard InChI is InChI=1S/C24H21ClN4O/c1-17(19-11-13-26-14-12-19)27-24(30)22-16-29(15-18-5-3-2-4-6-18)28-23(22)20-7-9-21(25)10-8-20/h2-14,16-17H,15H2,1H3,(H,27,30)/t17-/m0/s1. The molecule has 5 nitrogen and oxygen atoms in total. The van der Waals surface area contributed by atoms with Crippen molar-refractivity contribution < 1.29 is 4.79 Å². The van der Waals surface area contributed by atoms with Gasteiger partial charge in [0.15, 0.2) is 0 Å². The van der Waals surface area contributed by atoms with E-state index in [9.17, 15) is 4.79 Å². The second-order valence-electron chi connectivity index (χ2n) is 7.06. The molecule has 1 amide bonds. The first-order valence-electron chi connectivity index (χ1n) is 9.68. The van der Waals surface area contributed by atoms with Crippen molar-refractivity contribution in [3.63, 3.8) is 0 Å². The molecule has 0 spiro atoms. The van der Waals surface area contributed by atoms with Crippen LogP contribution in [0.25, 0.3) is 11.3 Å². The fourth-order valence-corrected chi connectivity index (χ4v) is 3.40. The number of halogens is 1. The van der Waals surface area contributed by atoms with E-state index in [4.69, 9.17) is 16.7 Å². The predicted octanol–water partition coefficient (Wildman–Crippen LogP) is 5.14. The molecule has 1 atom stereocenters. The topological polar surface area (TPSA) is 59.8 Å². The van der Waals surface area contributed by atoms with Crippen LogP contribution in [-0.2, 0) is 6.54 Å². The third kappa shape index (κ3) is 4.58. The summed E-state index contributed by atoms with van der Waals surface area (Å²) in [6.45, 7) is 2.53. The van der Waals surface area contributed by atoms with Crippen molar-refractivity contribution in [2.24, 2.45) is 0 Å². The molecule has 0 saturated carbocycles. The highest BCUT2D eigenvalue weighted by Crippen LogP contribution is 2.25. The highest BCUT2D eigenvalue weighted by atomic mass is 35.5. The van der Waals surface area contributed by atoms with Gasteiger partial charge in [0.25, 0.3) is 5.91 Å². The molecule has 6 heteroatoms. The maximum absolute atomic E-state index is 13.1. The Morgan fingerprint density at radius 1 is 1.03 bits per heavy atom. The normalized spacial score (nSPS) is 11.8. The summed E-state index contributed by atoms with van der Waals surface area (Å²) in [5.41, 5.74) is 4.09. The molecule has 4 aromatic rings. The third-order valence-electron chi connectivity index (χ3n) is 4.87. The lowest BCUT2D eigenvalue weighted by Crippen LogP contribution is -2.26. The number of hydrogen-bond acceptors (Lipinski definition) is 3. The van der Waals surface area contributed by atoms with Gasteiger partial charge < -0.3 is 5.32 Å². The molecule has 0 aliphatic heterocycles. The average molecular weight is 417 g/mol. The largest absolute Gasteiger partial charge is 0.345 e. The molecular weight excluding hydrogens is 396 g/mol. The van der Waals surface area contributed by atoms with Gasteiger partial charge in [0.2, 0.25) is 0 Å². The van der Waals surface area contributed by atoms with Crippen LogP contribution in [0, 0.1) is 0 Å². The molecular formula is C24H21ClN4O. The van der Waals surface area contributed by atoms with Gasteiger partial charge in [-0.15, -0.1) is 0 Å². The fraction of sp³-hybridized carbons (Fsp3) is 0.125. The molecule has 0 radical (unpaired) electrons. The summed E-state index contributed by atoms with van der Waals surface area (Å²) in [6.07, 6.45) is 5.23. The number of benzene rings is 2. The number of nitrogens with one attached hydrogen (secondary N) is 1. The van der Waals surface area contributed by atoms with E-state index in [1.807, 2.05) is 61.5 Å². The minimum absolute atomic E-state index is 0.156. The summed E-state index contributed by atoms with van der Waals surface area (Å²) in [4.78, 5) is 17.2. The molecule has 0 aliphatic carbocycles. The van der Waals surface area contributed by atoms with E-state index in [0.29, 0.717) is 22.8 Å². The van der Waals surface area contributed by atoms with Gasteiger partial charge in [0.1, 0.15) is 5.69 Å². The minimum atomic E-state index is -0.177. The van der Waals surface area contributed by atoms with Crippen LogP contribution in [0.2, 0.25) is 5.02 Å². The number of hydrogen-bond donors (Lipinski definition) is 1. The monoisotopic (exact) mass is 416 g/mol. The second-order valence-corrected chi connectivity index (χ2v) is 7.49. The molecule has 4 rings (SSSR count). The number of aromatic nitrogens is 3. The smallest absolute Gasteiger partial charge is 0.255 e. The molecule has 30 heavy (non-hydrogen) atoms. The Bertz CT molecular complexity index is 1130. The molecule has 0 aliphatic rings. The molecule has 2 heterocycles. The molecule has 0 fully saturated rings. The summed E-state index contributed by atoms with van der Waals surface area (Å²) in [5, 5.41) is 8.41. The Morgan fingerprint density at radius 2 is 1.73 bits per heavy atom. The van der Waals surface area contributed by atoms with Crippen LogP contribution in [-0.4, -0.2) is 20.7 Å². The van der Waals surface area contributed by atoms with Crippen LogP contribution in [0.15, 0.2) is 85.3 Å². The lowest BCUT2D eigenvalue weighted by atomic mass is 10.1. The minimum Gasteiger partial charge on any atom is -0.345 e. The maximum atomic E-state index is 13.1. The first kappa shape index (κ1) is 19.9. The number of carbonyl (C=O) groups excluding carboxylic acids is 1. The lowest BCUT2D eigenvalue weighted by Gasteiger charge is -2.14. The Labute approximate surface area is 180 Å². The van der Waals surface area contributed by atoms with Crippen molar-refractivity contribution in [2.45, 2.75) is 19.5 Å². The summed E-state index contributed by atoms with van der Waals surface area (Å²) >= 11 is 6.04. The predicted molar refractivity (Wildman–Crippen MR) is 118 cm³/mol. The highest BCUT2D eigenvalue weighted by Gasteiger charge is 2.20. The first-order valence-corrected chi connectivity index (χ1v) is 10.1. The van der Waals surface area contributed by atoms with Crippen LogP contribution < -0.4 is 5.32 Å². The summed E-state index contributed by atoms with van der Waals surface area (Å²) in [6, 6.07) is 21.0. The van der Waals surface area contributed by atoms with Crippen LogP contribution in [0.1, 0.15) is 34.5 Å². The number of rotatable bonds is 6. The van der Waals surface area contributed by atoms with Crippen molar-refractivity contribution in [2.75, 3.05) is 0 Å². The second kappa shape index (κ2) is 8.93. The number of amides is 1. The van der Waals surface area contributed by atoms with Crippen molar-refractivity contribution in [3.8, 4) is 11.3 Å².